The van der Waals surface area contributed by atoms with E-state index in [1.807, 2.05) is 12.3 Å². The zero-order valence-electron chi connectivity index (χ0n) is 29.6. The van der Waals surface area contributed by atoms with E-state index in [2.05, 4.69) is 184 Å². The van der Waals surface area contributed by atoms with Crippen molar-refractivity contribution >= 4 is 50.3 Å². The summed E-state index contributed by atoms with van der Waals surface area (Å²) in [5.74, 6) is 0.887. The average molecular weight is 704 g/mol. The van der Waals surface area contributed by atoms with Gasteiger partial charge in [-0.2, -0.15) is 0 Å². The maximum Gasteiger partial charge on any atom is 0.239 e. The van der Waals surface area contributed by atoms with E-state index in [4.69, 9.17) is 15.3 Å². The van der Waals surface area contributed by atoms with Gasteiger partial charge < -0.3 is 4.90 Å². The Hall–Kier alpha value is -7.44. The van der Waals surface area contributed by atoms with E-state index < -0.39 is 0 Å². The molecule has 0 fully saturated rings. The highest BCUT2D eigenvalue weighted by Gasteiger charge is 2.44. The van der Waals surface area contributed by atoms with E-state index >= 15 is 0 Å². The van der Waals surface area contributed by atoms with Crippen LogP contribution in [0.2, 0.25) is 0 Å². The molecule has 7 aromatic carbocycles. The van der Waals surface area contributed by atoms with E-state index in [-0.39, 0.29) is 6.04 Å². The number of benzene rings is 7. The normalized spacial score (nSPS) is 14.9. The fraction of sp³-hybridized carbons (Fsp3) is 0.0204. The average Bonchev–Trinajstić information content (AvgIpc) is 3.82. The van der Waals surface area contributed by atoms with Gasteiger partial charge in [-0.15, -0.1) is 4.70 Å². The fourth-order valence-corrected chi connectivity index (χ4v) is 9.08. The smallest absolute Gasteiger partial charge is 0.239 e. The van der Waals surface area contributed by atoms with Crippen LogP contribution >= 0.6 is 0 Å². The first-order valence-corrected chi connectivity index (χ1v) is 18.7. The second-order valence-corrected chi connectivity index (χ2v) is 14.3. The lowest BCUT2D eigenvalue weighted by molar-refractivity contribution is -0.534. The number of para-hydroxylation sites is 2. The zero-order valence-corrected chi connectivity index (χ0v) is 29.6. The summed E-state index contributed by atoms with van der Waals surface area (Å²) in [4.78, 5) is 7.25. The van der Waals surface area contributed by atoms with Gasteiger partial charge >= 0.3 is 0 Å². The summed E-state index contributed by atoms with van der Waals surface area (Å²) in [6, 6.07) is 62.9. The first-order chi connectivity index (χ1) is 27.3. The van der Waals surface area contributed by atoms with Crippen LogP contribution in [0.15, 0.2) is 192 Å². The zero-order chi connectivity index (χ0) is 36.0. The lowest BCUT2D eigenvalue weighted by Crippen LogP contribution is -2.24. The van der Waals surface area contributed by atoms with Crippen LogP contribution in [0.3, 0.4) is 0 Å². The Morgan fingerprint density at radius 2 is 1.13 bits per heavy atom. The molecule has 12 rings (SSSR count). The largest absolute Gasteiger partial charge is 0.309 e. The van der Waals surface area contributed by atoms with Crippen LogP contribution in [0.5, 0.6) is 0 Å². The van der Waals surface area contributed by atoms with Gasteiger partial charge in [0.15, 0.2) is 5.69 Å². The Bertz CT molecular complexity index is 3120. The van der Waals surface area contributed by atoms with Crippen LogP contribution in [0.25, 0.3) is 61.0 Å². The summed E-state index contributed by atoms with van der Waals surface area (Å²) >= 11 is 0. The number of hydrogen-bond acceptors (Lipinski definition) is 4. The Balaban J connectivity index is 1.10. The Morgan fingerprint density at radius 1 is 0.473 bits per heavy atom. The molecule has 6 heteroatoms. The Kier molecular flexibility index (Phi) is 6.30. The first kappa shape index (κ1) is 30.1. The van der Waals surface area contributed by atoms with Crippen molar-refractivity contribution < 1.29 is 4.70 Å². The summed E-state index contributed by atoms with van der Waals surface area (Å²) in [5, 5.41) is 12.2. The molecular weight excluding hydrogens is 673 g/mol. The van der Waals surface area contributed by atoms with Gasteiger partial charge in [0.1, 0.15) is 11.0 Å². The van der Waals surface area contributed by atoms with Crippen molar-refractivity contribution in [3.05, 3.63) is 193 Å². The predicted octanol–water partition coefficient (Wildman–Crippen LogP) is 12.5. The molecule has 256 valence electrons. The highest BCUT2D eigenvalue weighted by molar-refractivity contribution is 6.13. The fourth-order valence-electron chi connectivity index (χ4n) is 9.08. The molecule has 0 saturated heterocycles. The number of fused-ring (bicyclic) bond motifs is 14. The van der Waals surface area contributed by atoms with Gasteiger partial charge in [0.2, 0.25) is 11.8 Å². The summed E-state index contributed by atoms with van der Waals surface area (Å²) in [6.45, 7) is 0. The molecule has 0 amide bonds. The van der Waals surface area contributed by atoms with Crippen LogP contribution in [0, 0.1) is 0 Å². The number of aromatic nitrogens is 2. The predicted molar refractivity (Wildman–Crippen MR) is 221 cm³/mol. The molecule has 1 unspecified atom stereocenters. The molecule has 0 bridgehead atoms. The van der Waals surface area contributed by atoms with Crippen LogP contribution < -0.4 is 4.90 Å². The summed E-state index contributed by atoms with van der Waals surface area (Å²) in [6.07, 6.45) is 1.86. The van der Waals surface area contributed by atoms with Gasteiger partial charge in [0, 0.05) is 51.0 Å². The summed E-state index contributed by atoms with van der Waals surface area (Å²) in [5.41, 5.74) is 16.9. The lowest BCUT2D eigenvalue weighted by Gasteiger charge is -2.28. The maximum absolute atomic E-state index is 4.91. The van der Waals surface area contributed by atoms with E-state index in [1.165, 1.54) is 44.2 Å². The van der Waals surface area contributed by atoms with Crippen LogP contribution in [0.4, 0.5) is 22.7 Å². The summed E-state index contributed by atoms with van der Waals surface area (Å²) < 4.78 is 4.39. The molecule has 6 nitrogen and oxygen atoms in total. The minimum Gasteiger partial charge on any atom is -0.309 e. The number of rotatable bonds is 3. The molecule has 2 aromatic heterocycles. The monoisotopic (exact) mass is 703 g/mol. The van der Waals surface area contributed by atoms with Gasteiger partial charge in [0.25, 0.3) is 0 Å². The molecule has 4 heterocycles. The number of hydrogen-bond donors (Lipinski definition) is 0. The molecule has 55 heavy (non-hydrogen) atoms. The molecule has 2 aliphatic heterocycles. The topological polar surface area (TPSA) is 48.8 Å². The Morgan fingerprint density at radius 3 is 1.95 bits per heavy atom. The van der Waals surface area contributed by atoms with Gasteiger partial charge in [-0.05, 0) is 76.9 Å². The molecule has 0 saturated carbocycles. The second kappa shape index (κ2) is 11.5. The Labute approximate surface area is 317 Å². The van der Waals surface area contributed by atoms with E-state index in [9.17, 15) is 0 Å². The van der Waals surface area contributed by atoms with Crippen molar-refractivity contribution in [3.8, 4) is 39.2 Å². The second-order valence-electron chi connectivity index (χ2n) is 14.3. The van der Waals surface area contributed by atoms with E-state index in [0.717, 1.165) is 56.4 Å². The molecule has 0 N–H and O–H groups in total. The molecule has 1 atom stereocenters. The lowest BCUT2D eigenvalue weighted by atomic mass is 9.81. The van der Waals surface area contributed by atoms with Crippen LogP contribution in [0.1, 0.15) is 17.2 Å². The number of nitrogens with zero attached hydrogens (tertiary/aromatic N) is 6. The third-order valence-electron chi connectivity index (χ3n) is 11.4. The van der Waals surface area contributed by atoms with Crippen LogP contribution in [-0.4, -0.2) is 20.0 Å². The van der Waals surface area contributed by atoms with Crippen molar-refractivity contribution in [3.63, 3.8) is 0 Å². The molecule has 3 aliphatic rings. The van der Waals surface area contributed by atoms with Crippen molar-refractivity contribution in [2.75, 3.05) is 4.90 Å². The van der Waals surface area contributed by atoms with Crippen molar-refractivity contribution in [2.45, 2.75) is 6.04 Å². The molecule has 1 aliphatic carbocycles. The molecule has 9 aromatic rings. The van der Waals surface area contributed by atoms with Gasteiger partial charge in [-0.25, -0.2) is 4.98 Å². The first-order valence-electron chi connectivity index (χ1n) is 18.7. The number of pyridine rings is 1. The van der Waals surface area contributed by atoms with Crippen molar-refractivity contribution in [1.82, 2.24) is 9.55 Å². The van der Waals surface area contributed by atoms with Crippen molar-refractivity contribution in [1.29, 1.82) is 0 Å². The molecule has 0 spiro atoms. The van der Waals surface area contributed by atoms with E-state index in [1.54, 1.807) is 0 Å². The third kappa shape index (κ3) is 4.30. The van der Waals surface area contributed by atoms with Gasteiger partial charge in [-0.3, -0.25) is 4.57 Å². The minimum absolute atomic E-state index is 0.145. The third-order valence-corrected chi connectivity index (χ3v) is 11.4. The SMILES string of the molecule is c1ccc(-n2c3ccccc3c3ccc(N4c5ccccc5-c5ccccc5-c5ccc([N+]6=NN=C7c8ccccc8-c8ccccc8C76)cc54)cc32)nc1. The molecule has 0 radical (unpaired) electrons. The highest BCUT2D eigenvalue weighted by atomic mass is 15.5. The number of anilines is 3. The van der Waals surface area contributed by atoms with Crippen molar-refractivity contribution in [2.24, 2.45) is 10.3 Å². The standard InChI is InChI=1S/C49H31N6/c1-2-14-34-33(13-1)37-17-7-9-21-43(37)53(31-24-26-40-38-18-8-10-22-44(38)54(46(40)29-31)47-23-11-12-28-50-47)45-30-32(25-27-39(34)45)55-49-42-20-6-4-16-36(42)35-15-3-5-19-41(35)48(49)51-52-55/h1-30,49H/q+1. The van der Waals surface area contributed by atoms with Crippen LogP contribution in [-0.2, 0) is 0 Å². The van der Waals surface area contributed by atoms with Gasteiger partial charge in [0.05, 0.1) is 27.5 Å². The minimum atomic E-state index is -0.145. The van der Waals surface area contributed by atoms with Gasteiger partial charge in [-0.1, -0.05) is 115 Å². The molecular formula is C49H31N6+. The maximum atomic E-state index is 4.91. The van der Waals surface area contributed by atoms with E-state index in [0.29, 0.717) is 0 Å². The summed E-state index contributed by atoms with van der Waals surface area (Å²) in [7, 11) is 0. The highest BCUT2D eigenvalue weighted by Crippen LogP contribution is 2.53. The quantitative estimate of drug-likeness (QED) is 0.172.